The van der Waals surface area contributed by atoms with Crippen LogP contribution in [0.2, 0.25) is 0 Å². The van der Waals surface area contributed by atoms with Gasteiger partial charge in [0.15, 0.2) is 0 Å². The first-order chi connectivity index (χ1) is 9.43. The Hall–Kier alpha value is -1.99. The van der Waals surface area contributed by atoms with Gasteiger partial charge < -0.3 is 15.6 Å². The summed E-state index contributed by atoms with van der Waals surface area (Å²) >= 11 is 0. The molecule has 20 heavy (non-hydrogen) atoms. The van der Waals surface area contributed by atoms with E-state index in [1.165, 1.54) is 24.1 Å². The molecule has 7 heteroatoms. The van der Waals surface area contributed by atoms with Crippen molar-refractivity contribution < 1.29 is 23.8 Å². The third-order valence-corrected chi connectivity index (χ3v) is 2.70. The summed E-state index contributed by atoms with van der Waals surface area (Å²) < 4.78 is 18.7. The minimum absolute atomic E-state index is 0.0768. The number of nitrogens with zero attached hydrogens (tertiary/aromatic N) is 1. The van der Waals surface area contributed by atoms with Crippen LogP contribution in [0.3, 0.4) is 0 Å². The molecule has 0 aromatic heterocycles. The summed E-state index contributed by atoms with van der Waals surface area (Å²) in [6, 6.07) is 3.89. The Morgan fingerprint density at radius 3 is 2.65 bits per heavy atom. The molecule has 0 unspecified atom stereocenters. The van der Waals surface area contributed by atoms with Gasteiger partial charge >= 0.3 is 5.97 Å². The first-order valence-corrected chi connectivity index (χ1v) is 5.95. The summed E-state index contributed by atoms with van der Waals surface area (Å²) in [5.74, 6) is -2.30. The lowest BCUT2D eigenvalue weighted by molar-refractivity contribution is -0.138. The van der Waals surface area contributed by atoms with Crippen LogP contribution in [0, 0.1) is 5.82 Å². The van der Waals surface area contributed by atoms with Gasteiger partial charge in [0.2, 0.25) is 5.91 Å². The first kappa shape index (κ1) is 16.1. The quantitative estimate of drug-likeness (QED) is 0.723. The molecule has 6 nitrogen and oxygen atoms in total. The lowest BCUT2D eigenvalue weighted by Crippen LogP contribution is -2.32. The van der Waals surface area contributed by atoms with Gasteiger partial charge in [-0.15, -0.1) is 0 Å². The number of hydrogen-bond acceptors (Lipinski definition) is 4. The highest BCUT2D eigenvalue weighted by Crippen LogP contribution is 2.13. The topological polar surface area (TPSA) is 92.9 Å². The maximum atomic E-state index is 13.8. The lowest BCUT2D eigenvalue weighted by atomic mass is 10.1. The zero-order valence-electron chi connectivity index (χ0n) is 11.1. The monoisotopic (exact) mass is 284 g/mol. The maximum absolute atomic E-state index is 13.8. The average molecular weight is 284 g/mol. The predicted molar refractivity (Wildman–Crippen MR) is 69.7 cm³/mol. The van der Waals surface area contributed by atoms with Crippen molar-refractivity contribution in [2.75, 3.05) is 26.8 Å². The van der Waals surface area contributed by atoms with E-state index >= 15 is 0 Å². The molecule has 0 saturated heterocycles. The Bertz CT molecular complexity index is 493. The second kappa shape index (κ2) is 7.56. The van der Waals surface area contributed by atoms with E-state index in [-0.39, 0.29) is 18.7 Å². The number of primary amides is 1. The standard InChI is InChI=1S/C13H17FN2O4/c1-20-5-4-16(8-12(17)18)7-10-3-2-9(13(15)19)6-11(10)14/h2-3,6H,4-5,7-8H2,1H3,(H2,15,19)(H,17,18). The van der Waals surface area contributed by atoms with Gasteiger partial charge in [0, 0.05) is 31.3 Å². The van der Waals surface area contributed by atoms with Crippen LogP contribution in [0.5, 0.6) is 0 Å². The molecule has 3 N–H and O–H groups in total. The Labute approximate surface area is 115 Å². The number of ether oxygens (including phenoxy) is 1. The van der Waals surface area contributed by atoms with Crippen LogP contribution < -0.4 is 5.73 Å². The van der Waals surface area contributed by atoms with Gasteiger partial charge in [-0.1, -0.05) is 6.07 Å². The molecule has 0 spiro atoms. The van der Waals surface area contributed by atoms with Gasteiger partial charge in [-0.2, -0.15) is 0 Å². The summed E-state index contributed by atoms with van der Waals surface area (Å²) in [5.41, 5.74) is 5.43. The molecule has 1 aromatic carbocycles. The van der Waals surface area contributed by atoms with Gasteiger partial charge in [-0.3, -0.25) is 14.5 Å². The molecular formula is C13H17FN2O4. The molecule has 0 aliphatic heterocycles. The number of halogens is 1. The number of methoxy groups -OCH3 is 1. The molecule has 1 aromatic rings. The van der Waals surface area contributed by atoms with Gasteiger partial charge in [0.25, 0.3) is 0 Å². The summed E-state index contributed by atoms with van der Waals surface area (Å²) in [4.78, 5) is 23.2. The van der Waals surface area contributed by atoms with Crippen molar-refractivity contribution in [3.8, 4) is 0 Å². The van der Waals surface area contributed by atoms with E-state index in [9.17, 15) is 14.0 Å². The Balaban J connectivity index is 2.81. The van der Waals surface area contributed by atoms with Crippen molar-refractivity contribution >= 4 is 11.9 Å². The van der Waals surface area contributed by atoms with Crippen molar-refractivity contribution in [2.45, 2.75) is 6.54 Å². The Kier molecular flexibility index (Phi) is 6.08. The van der Waals surface area contributed by atoms with E-state index in [0.29, 0.717) is 18.7 Å². The number of carboxylic acid groups (broad SMARTS) is 1. The van der Waals surface area contributed by atoms with E-state index in [4.69, 9.17) is 15.6 Å². The number of carbonyl (C=O) groups excluding carboxylic acids is 1. The number of amides is 1. The number of rotatable bonds is 8. The Morgan fingerprint density at radius 1 is 1.45 bits per heavy atom. The summed E-state index contributed by atoms with van der Waals surface area (Å²) in [5, 5.41) is 8.81. The van der Waals surface area contributed by atoms with E-state index in [1.807, 2.05) is 0 Å². The van der Waals surface area contributed by atoms with Gasteiger partial charge in [-0.25, -0.2) is 4.39 Å². The van der Waals surface area contributed by atoms with Gasteiger partial charge in [0.05, 0.1) is 13.2 Å². The fraction of sp³-hybridized carbons (Fsp3) is 0.385. The SMILES string of the molecule is COCCN(CC(=O)O)Cc1ccc(C(N)=O)cc1F. The molecule has 0 bridgehead atoms. The third kappa shape index (κ3) is 4.94. The molecule has 0 saturated carbocycles. The van der Waals surface area contributed by atoms with Gasteiger partial charge in [0.1, 0.15) is 5.82 Å². The number of carboxylic acids is 1. The summed E-state index contributed by atoms with van der Waals surface area (Å²) in [7, 11) is 1.50. The van der Waals surface area contributed by atoms with Crippen LogP contribution >= 0.6 is 0 Å². The van der Waals surface area contributed by atoms with Crippen LogP contribution in [0.4, 0.5) is 4.39 Å². The summed E-state index contributed by atoms with van der Waals surface area (Å²) in [6.07, 6.45) is 0. The first-order valence-electron chi connectivity index (χ1n) is 5.95. The molecule has 0 heterocycles. The zero-order chi connectivity index (χ0) is 15.1. The average Bonchev–Trinajstić information content (AvgIpc) is 2.37. The molecule has 1 amide bonds. The van der Waals surface area contributed by atoms with Crippen molar-refractivity contribution in [3.63, 3.8) is 0 Å². The van der Waals surface area contributed by atoms with Crippen molar-refractivity contribution in [1.82, 2.24) is 4.90 Å². The highest BCUT2D eigenvalue weighted by atomic mass is 19.1. The minimum atomic E-state index is -1.00. The summed E-state index contributed by atoms with van der Waals surface area (Å²) in [6.45, 7) is 0.592. The smallest absolute Gasteiger partial charge is 0.317 e. The Morgan fingerprint density at radius 2 is 2.15 bits per heavy atom. The third-order valence-electron chi connectivity index (χ3n) is 2.70. The van der Waals surface area contributed by atoms with Crippen LogP contribution in [0.25, 0.3) is 0 Å². The molecule has 110 valence electrons. The van der Waals surface area contributed by atoms with E-state index in [1.54, 1.807) is 0 Å². The second-order valence-corrected chi connectivity index (χ2v) is 4.27. The van der Waals surface area contributed by atoms with Crippen LogP contribution in [-0.4, -0.2) is 48.7 Å². The molecule has 0 aliphatic rings. The molecule has 1 rings (SSSR count). The number of nitrogens with two attached hydrogens (primary N) is 1. The second-order valence-electron chi connectivity index (χ2n) is 4.27. The minimum Gasteiger partial charge on any atom is -0.480 e. The molecule has 0 radical (unpaired) electrons. The van der Waals surface area contributed by atoms with Crippen molar-refractivity contribution in [2.24, 2.45) is 5.73 Å². The zero-order valence-corrected chi connectivity index (χ0v) is 11.1. The maximum Gasteiger partial charge on any atom is 0.317 e. The van der Waals surface area contributed by atoms with E-state index in [0.717, 1.165) is 6.07 Å². The van der Waals surface area contributed by atoms with Crippen LogP contribution in [0.15, 0.2) is 18.2 Å². The van der Waals surface area contributed by atoms with Crippen LogP contribution in [0.1, 0.15) is 15.9 Å². The van der Waals surface area contributed by atoms with E-state index < -0.39 is 17.7 Å². The molecule has 0 aliphatic carbocycles. The highest BCUT2D eigenvalue weighted by molar-refractivity contribution is 5.92. The molecule has 0 fully saturated rings. The van der Waals surface area contributed by atoms with Crippen LogP contribution in [-0.2, 0) is 16.1 Å². The highest BCUT2D eigenvalue weighted by Gasteiger charge is 2.14. The number of benzene rings is 1. The molecule has 0 atom stereocenters. The normalized spacial score (nSPS) is 10.8. The van der Waals surface area contributed by atoms with Gasteiger partial charge in [-0.05, 0) is 12.1 Å². The fourth-order valence-electron chi connectivity index (χ4n) is 1.70. The number of aliphatic carboxylic acids is 1. The largest absolute Gasteiger partial charge is 0.480 e. The lowest BCUT2D eigenvalue weighted by Gasteiger charge is -2.20. The van der Waals surface area contributed by atoms with E-state index in [2.05, 4.69) is 0 Å². The predicted octanol–water partition coefficient (Wildman–Crippen LogP) is 0.458. The number of carbonyl (C=O) groups is 2. The molecular weight excluding hydrogens is 267 g/mol. The van der Waals surface area contributed by atoms with Crippen molar-refractivity contribution in [3.05, 3.63) is 35.1 Å². The van der Waals surface area contributed by atoms with Crippen molar-refractivity contribution in [1.29, 1.82) is 0 Å². The number of hydrogen-bond donors (Lipinski definition) is 2. The fourth-order valence-corrected chi connectivity index (χ4v) is 1.70.